The zero-order valence-electron chi connectivity index (χ0n) is 16.8. The van der Waals surface area contributed by atoms with Gasteiger partial charge in [0.25, 0.3) is 0 Å². The fourth-order valence-electron chi connectivity index (χ4n) is 3.60. The third-order valence-electron chi connectivity index (χ3n) is 5.20. The quantitative estimate of drug-likeness (QED) is 0.467. The van der Waals surface area contributed by atoms with Crippen molar-refractivity contribution >= 4 is 39.6 Å². The average Bonchev–Trinajstić information content (AvgIpc) is 3.06. The van der Waals surface area contributed by atoms with Crippen LogP contribution in [0.1, 0.15) is 92.8 Å². The topological polar surface area (TPSA) is 50.4 Å². The van der Waals surface area contributed by atoms with E-state index < -0.39 is 0 Å². The number of hydrogen-bond acceptors (Lipinski definition) is 4. The standard InChI is InChI=1S/C21H34N2O2S2/c1-3-17-15-18(20(24)25-2)19(27-17)23-21(26)22-16-13-11-9-7-5-4-6-8-10-12-14-16/h15-16H,3-14H2,1-2H3,(H2,22,23,26). The van der Waals surface area contributed by atoms with Gasteiger partial charge in [-0.2, -0.15) is 0 Å². The van der Waals surface area contributed by atoms with Crippen LogP contribution < -0.4 is 10.6 Å². The Balaban J connectivity index is 1.93. The largest absolute Gasteiger partial charge is 0.465 e. The second-order valence-corrected chi connectivity index (χ2v) is 8.90. The summed E-state index contributed by atoms with van der Waals surface area (Å²) in [6.07, 6.45) is 15.2. The lowest BCUT2D eigenvalue weighted by Gasteiger charge is -2.21. The van der Waals surface area contributed by atoms with E-state index in [0.717, 1.165) is 29.1 Å². The Kier molecular flexibility index (Phi) is 10.1. The lowest BCUT2D eigenvalue weighted by Crippen LogP contribution is -2.38. The molecule has 0 radical (unpaired) electrons. The summed E-state index contributed by atoms with van der Waals surface area (Å²) in [5, 5.41) is 8.15. The highest BCUT2D eigenvalue weighted by Crippen LogP contribution is 2.29. The Hall–Kier alpha value is -1.14. The molecule has 27 heavy (non-hydrogen) atoms. The summed E-state index contributed by atoms with van der Waals surface area (Å²) in [5.74, 6) is -0.317. The van der Waals surface area contributed by atoms with Gasteiger partial charge in [0.15, 0.2) is 5.11 Å². The van der Waals surface area contributed by atoms with Crippen molar-refractivity contribution in [2.45, 2.75) is 90.0 Å². The molecular weight excluding hydrogens is 376 g/mol. The van der Waals surface area contributed by atoms with Crippen molar-refractivity contribution in [1.29, 1.82) is 0 Å². The summed E-state index contributed by atoms with van der Waals surface area (Å²) in [6, 6.07) is 2.31. The summed E-state index contributed by atoms with van der Waals surface area (Å²) < 4.78 is 4.91. The molecule has 0 aliphatic heterocycles. The first-order chi connectivity index (χ1) is 13.1. The molecule has 1 aromatic heterocycles. The minimum atomic E-state index is -0.317. The normalized spacial score (nSPS) is 17.4. The lowest BCUT2D eigenvalue weighted by atomic mass is 9.98. The van der Waals surface area contributed by atoms with Crippen LogP contribution in [-0.4, -0.2) is 24.2 Å². The summed E-state index contributed by atoms with van der Waals surface area (Å²) in [4.78, 5) is 13.2. The van der Waals surface area contributed by atoms with Crippen molar-refractivity contribution in [3.8, 4) is 0 Å². The zero-order chi connectivity index (χ0) is 19.5. The fraction of sp³-hybridized carbons (Fsp3) is 0.714. The molecule has 1 fully saturated rings. The maximum absolute atomic E-state index is 12.0. The molecule has 1 saturated carbocycles. The Morgan fingerprint density at radius 1 is 1.11 bits per heavy atom. The van der Waals surface area contributed by atoms with Crippen LogP contribution in [-0.2, 0) is 11.2 Å². The average molecular weight is 411 g/mol. The van der Waals surface area contributed by atoms with Crippen LogP contribution in [0.3, 0.4) is 0 Å². The van der Waals surface area contributed by atoms with E-state index in [1.54, 1.807) is 11.3 Å². The number of esters is 1. The van der Waals surface area contributed by atoms with Gasteiger partial charge in [0.05, 0.1) is 12.7 Å². The van der Waals surface area contributed by atoms with E-state index in [1.165, 1.54) is 64.9 Å². The Morgan fingerprint density at radius 2 is 1.67 bits per heavy atom. The molecule has 0 atom stereocenters. The molecule has 1 aliphatic rings. The van der Waals surface area contributed by atoms with Gasteiger partial charge in [0.2, 0.25) is 0 Å². The highest BCUT2D eigenvalue weighted by Gasteiger charge is 2.18. The molecular formula is C21H34N2O2S2. The van der Waals surface area contributed by atoms with Gasteiger partial charge >= 0.3 is 5.97 Å². The molecule has 0 saturated heterocycles. The predicted molar refractivity (Wildman–Crippen MR) is 119 cm³/mol. The lowest BCUT2D eigenvalue weighted by molar-refractivity contribution is 0.0602. The number of carbonyl (C=O) groups excluding carboxylic acids is 1. The van der Waals surface area contributed by atoms with Crippen molar-refractivity contribution < 1.29 is 9.53 Å². The van der Waals surface area contributed by atoms with Crippen LogP contribution in [0, 0.1) is 0 Å². The number of thiocarbonyl (C=S) groups is 1. The first-order valence-corrected chi connectivity index (χ1v) is 11.6. The van der Waals surface area contributed by atoms with Gasteiger partial charge in [-0.05, 0) is 37.5 Å². The second-order valence-electron chi connectivity index (χ2n) is 7.36. The first-order valence-electron chi connectivity index (χ1n) is 10.4. The van der Waals surface area contributed by atoms with Crippen LogP contribution in [0.25, 0.3) is 0 Å². The molecule has 0 spiro atoms. The molecule has 2 rings (SSSR count). The van der Waals surface area contributed by atoms with E-state index in [9.17, 15) is 4.79 Å². The van der Waals surface area contributed by atoms with Gasteiger partial charge in [-0.15, -0.1) is 11.3 Å². The van der Waals surface area contributed by atoms with E-state index in [0.29, 0.717) is 16.7 Å². The summed E-state index contributed by atoms with van der Waals surface area (Å²) in [7, 11) is 1.41. The van der Waals surface area contributed by atoms with Gasteiger partial charge in [-0.1, -0.05) is 64.7 Å². The molecule has 6 heteroatoms. The van der Waals surface area contributed by atoms with E-state index in [1.807, 2.05) is 6.07 Å². The molecule has 0 aromatic carbocycles. The van der Waals surface area contributed by atoms with E-state index in [-0.39, 0.29) is 5.97 Å². The van der Waals surface area contributed by atoms with Crippen LogP contribution in [0.4, 0.5) is 5.00 Å². The number of ether oxygens (including phenoxy) is 1. The fourth-order valence-corrected chi connectivity index (χ4v) is 4.92. The number of rotatable bonds is 4. The van der Waals surface area contributed by atoms with Gasteiger partial charge in [0, 0.05) is 10.9 Å². The Labute approximate surface area is 173 Å². The molecule has 1 aliphatic carbocycles. The van der Waals surface area contributed by atoms with Gasteiger partial charge < -0.3 is 15.4 Å². The molecule has 0 amide bonds. The monoisotopic (exact) mass is 410 g/mol. The third-order valence-corrected chi connectivity index (χ3v) is 6.62. The molecule has 0 bridgehead atoms. The number of methoxy groups -OCH3 is 1. The predicted octanol–water partition coefficient (Wildman–Crippen LogP) is 6.06. The van der Waals surface area contributed by atoms with E-state index >= 15 is 0 Å². The van der Waals surface area contributed by atoms with Crippen LogP contribution in [0.5, 0.6) is 0 Å². The van der Waals surface area contributed by atoms with E-state index in [2.05, 4.69) is 17.6 Å². The molecule has 1 heterocycles. The highest BCUT2D eigenvalue weighted by atomic mass is 32.1. The maximum Gasteiger partial charge on any atom is 0.340 e. The van der Waals surface area contributed by atoms with Crippen LogP contribution in [0.2, 0.25) is 0 Å². The number of hydrogen-bond donors (Lipinski definition) is 2. The van der Waals surface area contributed by atoms with Crippen molar-refractivity contribution in [2.24, 2.45) is 0 Å². The summed E-state index contributed by atoms with van der Waals surface area (Å²) >= 11 is 7.14. The first kappa shape index (κ1) is 22.2. The number of nitrogens with one attached hydrogen (secondary N) is 2. The highest BCUT2D eigenvalue weighted by molar-refractivity contribution is 7.80. The number of thiophene rings is 1. The molecule has 0 unspecified atom stereocenters. The molecule has 1 aromatic rings. The molecule has 152 valence electrons. The minimum Gasteiger partial charge on any atom is -0.465 e. The molecule has 2 N–H and O–H groups in total. The Morgan fingerprint density at radius 3 is 2.19 bits per heavy atom. The second kappa shape index (κ2) is 12.3. The van der Waals surface area contributed by atoms with Crippen LogP contribution >= 0.6 is 23.6 Å². The maximum atomic E-state index is 12.0. The molecule has 4 nitrogen and oxygen atoms in total. The van der Waals surface area contributed by atoms with Crippen molar-refractivity contribution in [3.63, 3.8) is 0 Å². The van der Waals surface area contributed by atoms with Gasteiger partial charge in [0.1, 0.15) is 5.00 Å². The van der Waals surface area contributed by atoms with Gasteiger partial charge in [-0.25, -0.2) is 4.79 Å². The number of aryl methyl sites for hydroxylation is 1. The zero-order valence-corrected chi connectivity index (χ0v) is 18.4. The smallest absolute Gasteiger partial charge is 0.340 e. The SMILES string of the molecule is CCc1cc(C(=O)OC)c(NC(=S)NC2CCCCCCCCCCC2)s1. The Bertz CT molecular complexity index is 589. The summed E-state index contributed by atoms with van der Waals surface area (Å²) in [6.45, 7) is 2.08. The van der Waals surface area contributed by atoms with Crippen molar-refractivity contribution in [3.05, 3.63) is 16.5 Å². The third kappa shape index (κ3) is 7.78. The van der Waals surface area contributed by atoms with Crippen molar-refractivity contribution in [1.82, 2.24) is 5.32 Å². The van der Waals surface area contributed by atoms with E-state index in [4.69, 9.17) is 17.0 Å². The number of carbonyl (C=O) groups is 1. The van der Waals surface area contributed by atoms with Crippen LogP contribution in [0.15, 0.2) is 6.07 Å². The number of anilines is 1. The van der Waals surface area contributed by atoms with Gasteiger partial charge in [-0.3, -0.25) is 0 Å². The van der Waals surface area contributed by atoms with Crippen molar-refractivity contribution in [2.75, 3.05) is 12.4 Å². The summed E-state index contributed by atoms with van der Waals surface area (Å²) in [5.41, 5.74) is 0.571. The minimum absolute atomic E-state index is 0.317.